The lowest BCUT2D eigenvalue weighted by Gasteiger charge is -2.12. The third kappa shape index (κ3) is 5.13. The summed E-state index contributed by atoms with van der Waals surface area (Å²) in [4.78, 5) is 12.3. The number of carbonyl (C=O) groups is 1. The van der Waals surface area contributed by atoms with Crippen molar-refractivity contribution in [3.63, 3.8) is 0 Å². The molecule has 4 rings (SSSR count). The van der Waals surface area contributed by atoms with Crippen LogP contribution in [0.1, 0.15) is 27.0 Å². The number of phenols is 1. The predicted octanol–water partition coefficient (Wildman–Crippen LogP) is 5.21. The maximum Gasteiger partial charge on any atom is 0.271 e. The van der Waals surface area contributed by atoms with Crippen molar-refractivity contribution in [2.24, 2.45) is 5.10 Å². The fourth-order valence-corrected chi connectivity index (χ4v) is 3.48. The largest absolute Gasteiger partial charge is 0.508 e. The number of hydrogen-bond donors (Lipinski definition) is 2. The van der Waals surface area contributed by atoms with E-state index in [2.05, 4.69) is 10.5 Å². The van der Waals surface area contributed by atoms with Gasteiger partial charge in [-0.1, -0.05) is 36.4 Å². The highest BCUT2D eigenvalue weighted by Crippen LogP contribution is 2.29. The zero-order valence-electron chi connectivity index (χ0n) is 18.4. The molecule has 0 spiro atoms. The lowest BCUT2D eigenvalue weighted by Crippen LogP contribution is -2.17. The van der Waals surface area contributed by atoms with E-state index in [0.717, 1.165) is 33.4 Å². The number of ether oxygens (including phenoxy) is 2. The van der Waals surface area contributed by atoms with E-state index in [1.54, 1.807) is 32.4 Å². The van der Waals surface area contributed by atoms with Crippen LogP contribution in [0.4, 0.5) is 0 Å². The van der Waals surface area contributed by atoms with E-state index in [4.69, 9.17) is 9.47 Å². The molecule has 0 radical (unpaired) electrons. The number of amides is 1. The molecule has 6 nitrogen and oxygen atoms in total. The van der Waals surface area contributed by atoms with Crippen LogP contribution in [0.2, 0.25) is 0 Å². The molecule has 0 aromatic heterocycles. The summed E-state index contributed by atoms with van der Waals surface area (Å²) in [6.45, 7) is 2.15. The number of hydrogen-bond acceptors (Lipinski definition) is 5. The number of rotatable bonds is 7. The van der Waals surface area contributed by atoms with Crippen LogP contribution in [-0.2, 0) is 6.61 Å². The van der Waals surface area contributed by atoms with E-state index in [9.17, 15) is 9.90 Å². The molecule has 0 saturated heterocycles. The van der Waals surface area contributed by atoms with Crippen LogP contribution in [-0.4, -0.2) is 24.3 Å². The summed E-state index contributed by atoms with van der Waals surface area (Å²) < 4.78 is 11.4. The van der Waals surface area contributed by atoms with Gasteiger partial charge in [0.2, 0.25) is 0 Å². The average molecular weight is 440 g/mol. The molecular formula is C27H24N2O4. The van der Waals surface area contributed by atoms with E-state index >= 15 is 0 Å². The topological polar surface area (TPSA) is 80.2 Å². The number of aromatic hydroxyl groups is 1. The van der Waals surface area contributed by atoms with Crippen molar-refractivity contribution < 1.29 is 19.4 Å². The van der Waals surface area contributed by atoms with Gasteiger partial charge < -0.3 is 14.6 Å². The van der Waals surface area contributed by atoms with Gasteiger partial charge in [-0.15, -0.1) is 0 Å². The Bertz CT molecular complexity index is 1330. The monoisotopic (exact) mass is 440 g/mol. The summed E-state index contributed by atoms with van der Waals surface area (Å²) in [5.74, 6) is 1.35. The minimum atomic E-state index is -0.350. The molecule has 0 unspecified atom stereocenters. The summed E-state index contributed by atoms with van der Waals surface area (Å²) in [5, 5.41) is 15.6. The van der Waals surface area contributed by atoms with Crippen molar-refractivity contribution >= 4 is 22.9 Å². The standard InChI is InChI=1S/C27H24N2O4/c1-18-14-20(10-12-25(18)30)27(31)29-28-16-21-11-13-26(24-9-4-3-8-23(21)24)33-17-19-6-5-7-22(15-19)32-2/h3-16,30H,17H2,1-2H3,(H,29,31)/b28-16+. The molecule has 0 heterocycles. The van der Waals surface area contributed by atoms with Crippen LogP contribution >= 0.6 is 0 Å². The molecule has 0 aliphatic carbocycles. The Morgan fingerprint density at radius 3 is 2.61 bits per heavy atom. The van der Waals surface area contributed by atoms with E-state index < -0.39 is 0 Å². The summed E-state index contributed by atoms with van der Waals surface area (Å²) in [7, 11) is 1.64. The molecule has 4 aromatic carbocycles. The number of nitrogens with zero attached hydrogens (tertiary/aromatic N) is 1. The highest BCUT2D eigenvalue weighted by molar-refractivity contribution is 6.03. The summed E-state index contributed by atoms with van der Waals surface area (Å²) in [6.07, 6.45) is 1.61. The zero-order valence-corrected chi connectivity index (χ0v) is 18.4. The first kappa shape index (κ1) is 21.9. The molecule has 33 heavy (non-hydrogen) atoms. The van der Waals surface area contributed by atoms with Gasteiger partial charge in [-0.25, -0.2) is 5.43 Å². The number of benzene rings is 4. The number of fused-ring (bicyclic) bond motifs is 1. The van der Waals surface area contributed by atoms with Crippen LogP contribution < -0.4 is 14.9 Å². The Hall–Kier alpha value is -4.32. The van der Waals surface area contributed by atoms with Gasteiger partial charge in [0.25, 0.3) is 5.91 Å². The van der Waals surface area contributed by atoms with Crippen LogP contribution in [0.15, 0.2) is 84.0 Å². The fraction of sp³-hybridized carbons (Fsp3) is 0.111. The van der Waals surface area contributed by atoms with Gasteiger partial charge in [-0.3, -0.25) is 4.79 Å². The maximum atomic E-state index is 12.3. The van der Waals surface area contributed by atoms with Crippen molar-refractivity contribution in [1.29, 1.82) is 0 Å². The van der Waals surface area contributed by atoms with Crippen molar-refractivity contribution in [3.8, 4) is 17.2 Å². The minimum absolute atomic E-state index is 0.148. The second-order valence-corrected chi connectivity index (χ2v) is 7.54. The predicted molar refractivity (Wildman–Crippen MR) is 129 cm³/mol. The van der Waals surface area contributed by atoms with Crippen LogP contribution in [0.3, 0.4) is 0 Å². The Labute approximate surface area is 192 Å². The van der Waals surface area contributed by atoms with Crippen molar-refractivity contribution in [2.45, 2.75) is 13.5 Å². The van der Waals surface area contributed by atoms with Crippen LogP contribution in [0.5, 0.6) is 17.2 Å². The summed E-state index contributed by atoms with van der Waals surface area (Å²) in [6, 6.07) is 24.1. The average Bonchev–Trinajstić information content (AvgIpc) is 2.85. The number of carbonyl (C=O) groups excluding carboxylic acids is 1. The second-order valence-electron chi connectivity index (χ2n) is 7.54. The number of phenolic OH excluding ortho intramolecular Hbond substituents is 1. The van der Waals surface area contributed by atoms with Gasteiger partial charge in [0.1, 0.15) is 23.9 Å². The number of aryl methyl sites for hydroxylation is 1. The Kier molecular flexibility index (Phi) is 6.55. The van der Waals surface area contributed by atoms with Crippen LogP contribution in [0, 0.1) is 6.92 Å². The van der Waals surface area contributed by atoms with Gasteiger partial charge in [0.15, 0.2) is 0 Å². The molecule has 166 valence electrons. The minimum Gasteiger partial charge on any atom is -0.508 e. The number of methoxy groups -OCH3 is 1. The highest BCUT2D eigenvalue weighted by atomic mass is 16.5. The molecule has 6 heteroatoms. The second kappa shape index (κ2) is 9.87. The van der Waals surface area contributed by atoms with E-state index in [1.807, 2.05) is 60.7 Å². The summed E-state index contributed by atoms with van der Waals surface area (Å²) >= 11 is 0. The molecule has 0 fully saturated rings. The first-order valence-electron chi connectivity index (χ1n) is 10.5. The van der Waals surface area contributed by atoms with Crippen LogP contribution in [0.25, 0.3) is 10.8 Å². The molecule has 1 amide bonds. The van der Waals surface area contributed by atoms with E-state index in [1.165, 1.54) is 6.07 Å². The molecule has 0 saturated carbocycles. The molecule has 2 N–H and O–H groups in total. The van der Waals surface area contributed by atoms with E-state index in [-0.39, 0.29) is 11.7 Å². The van der Waals surface area contributed by atoms with Crippen molar-refractivity contribution in [3.05, 3.63) is 101 Å². The first-order valence-corrected chi connectivity index (χ1v) is 10.5. The molecular weight excluding hydrogens is 416 g/mol. The van der Waals surface area contributed by atoms with Gasteiger partial charge in [0.05, 0.1) is 13.3 Å². The third-order valence-electron chi connectivity index (χ3n) is 5.27. The quantitative estimate of drug-likeness (QED) is 0.306. The van der Waals surface area contributed by atoms with Crippen molar-refractivity contribution in [1.82, 2.24) is 5.43 Å². The normalized spacial score (nSPS) is 11.0. The maximum absolute atomic E-state index is 12.3. The SMILES string of the molecule is COc1cccc(COc2ccc(/C=N/NC(=O)c3ccc(O)c(C)c3)c3ccccc23)c1. The first-order chi connectivity index (χ1) is 16.0. The van der Waals surface area contributed by atoms with Crippen molar-refractivity contribution in [2.75, 3.05) is 7.11 Å². The van der Waals surface area contributed by atoms with Gasteiger partial charge >= 0.3 is 0 Å². The molecule has 4 aromatic rings. The Morgan fingerprint density at radius 1 is 1.00 bits per heavy atom. The van der Waals surface area contributed by atoms with Gasteiger partial charge in [-0.05, 0) is 65.9 Å². The Morgan fingerprint density at radius 2 is 1.82 bits per heavy atom. The lowest BCUT2D eigenvalue weighted by atomic mass is 10.0. The smallest absolute Gasteiger partial charge is 0.271 e. The summed E-state index contributed by atoms with van der Waals surface area (Å²) in [5.41, 5.74) is 5.45. The van der Waals surface area contributed by atoms with Gasteiger partial charge in [0, 0.05) is 16.5 Å². The third-order valence-corrected chi connectivity index (χ3v) is 5.27. The van der Waals surface area contributed by atoms with Gasteiger partial charge in [-0.2, -0.15) is 5.10 Å². The molecule has 0 atom stereocenters. The fourth-order valence-electron chi connectivity index (χ4n) is 3.48. The number of nitrogens with one attached hydrogen (secondary N) is 1. The molecule has 0 aliphatic rings. The molecule has 0 bridgehead atoms. The highest BCUT2D eigenvalue weighted by Gasteiger charge is 2.08. The molecule has 0 aliphatic heterocycles. The Balaban J connectivity index is 1.50. The zero-order chi connectivity index (χ0) is 23.2. The number of hydrazone groups is 1. The lowest BCUT2D eigenvalue weighted by molar-refractivity contribution is 0.0955. The van der Waals surface area contributed by atoms with E-state index in [0.29, 0.717) is 17.7 Å².